The second-order valence-corrected chi connectivity index (χ2v) is 7.54. The minimum absolute atomic E-state index is 0.153. The molecule has 0 fully saturated rings. The van der Waals surface area contributed by atoms with Gasteiger partial charge in [-0.05, 0) is 48.2 Å². The monoisotopic (exact) mass is 381 g/mol. The molecule has 6 heteroatoms. The van der Waals surface area contributed by atoms with Crippen molar-refractivity contribution in [3.05, 3.63) is 70.7 Å². The minimum Gasteiger partial charge on any atom is -0.307 e. The zero-order chi connectivity index (χ0) is 18.3. The van der Waals surface area contributed by atoms with Crippen LogP contribution < -0.4 is 5.32 Å². The molecule has 0 saturated heterocycles. The summed E-state index contributed by atoms with van der Waals surface area (Å²) in [6, 6.07) is 16.9. The van der Waals surface area contributed by atoms with Crippen molar-refractivity contribution in [2.75, 3.05) is 5.32 Å². The fourth-order valence-corrected chi connectivity index (χ4v) is 4.23. The van der Waals surface area contributed by atoms with Gasteiger partial charge in [0.15, 0.2) is 0 Å². The molecule has 4 rings (SSSR count). The van der Waals surface area contributed by atoms with Crippen molar-refractivity contribution in [2.45, 2.75) is 6.92 Å². The summed E-state index contributed by atoms with van der Waals surface area (Å²) in [5.41, 5.74) is 2.60. The minimum atomic E-state index is -0.153. The molecule has 4 nitrogen and oxygen atoms in total. The van der Waals surface area contributed by atoms with Crippen molar-refractivity contribution in [2.24, 2.45) is 7.05 Å². The van der Waals surface area contributed by atoms with Gasteiger partial charge in [0, 0.05) is 28.4 Å². The second-order valence-electron chi connectivity index (χ2n) is 6.06. The smallest absolute Gasteiger partial charge is 0.256 e. The zero-order valence-electron chi connectivity index (χ0n) is 14.3. The summed E-state index contributed by atoms with van der Waals surface area (Å²) < 4.78 is 2.86. The maximum absolute atomic E-state index is 12.4. The van der Waals surface area contributed by atoms with E-state index in [1.807, 2.05) is 49.5 Å². The summed E-state index contributed by atoms with van der Waals surface area (Å²) in [5.74, 6) is 0.503. The number of nitrogens with zero attached hydrogens (tertiary/aromatic N) is 2. The first-order chi connectivity index (χ1) is 12.5. The van der Waals surface area contributed by atoms with Gasteiger partial charge in [0.05, 0.1) is 4.88 Å². The van der Waals surface area contributed by atoms with Crippen molar-refractivity contribution < 1.29 is 4.79 Å². The first kappa shape index (κ1) is 16.8. The van der Waals surface area contributed by atoms with Crippen molar-refractivity contribution >= 4 is 44.7 Å². The fraction of sp³-hybridized carbons (Fsp3) is 0.100. The highest BCUT2D eigenvalue weighted by Gasteiger charge is 2.16. The number of amides is 1. The number of benzene rings is 2. The number of halogens is 1. The topological polar surface area (TPSA) is 46.9 Å². The maximum atomic E-state index is 12.4. The summed E-state index contributed by atoms with van der Waals surface area (Å²) >= 11 is 7.80. The highest BCUT2D eigenvalue weighted by Crippen LogP contribution is 2.39. The predicted molar refractivity (Wildman–Crippen MR) is 108 cm³/mol. The molecule has 2 aromatic heterocycles. The van der Waals surface area contributed by atoms with E-state index < -0.39 is 0 Å². The second kappa shape index (κ2) is 6.59. The molecule has 0 aliphatic rings. The van der Waals surface area contributed by atoms with Crippen molar-refractivity contribution in [3.8, 4) is 10.6 Å². The third-order valence-corrected chi connectivity index (χ3v) is 5.82. The van der Waals surface area contributed by atoms with Gasteiger partial charge in [-0.1, -0.05) is 29.8 Å². The Balaban J connectivity index is 1.69. The third-order valence-electron chi connectivity index (χ3n) is 4.29. The van der Waals surface area contributed by atoms with Crippen LogP contribution in [-0.2, 0) is 7.05 Å². The first-order valence-electron chi connectivity index (χ1n) is 8.12. The van der Waals surface area contributed by atoms with Gasteiger partial charge in [-0.3, -0.25) is 9.48 Å². The Hall–Kier alpha value is -2.63. The van der Waals surface area contributed by atoms with E-state index in [-0.39, 0.29) is 5.91 Å². The van der Waals surface area contributed by atoms with Gasteiger partial charge in [0.2, 0.25) is 0 Å². The van der Waals surface area contributed by atoms with Crippen LogP contribution in [0.3, 0.4) is 0 Å². The number of rotatable bonds is 3. The summed E-state index contributed by atoms with van der Waals surface area (Å²) in [7, 11) is 1.82. The number of carbonyl (C=O) groups excluding carboxylic acids is 1. The van der Waals surface area contributed by atoms with Crippen LogP contribution in [0.15, 0.2) is 54.6 Å². The average molecular weight is 382 g/mol. The third kappa shape index (κ3) is 3.00. The molecule has 1 amide bonds. The number of carbonyl (C=O) groups is 1. The average Bonchev–Trinajstić information content (AvgIpc) is 3.16. The Morgan fingerprint density at radius 3 is 2.69 bits per heavy atom. The van der Waals surface area contributed by atoms with E-state index in [2.05, 4.69) is 17.3 Å². The molecule has 0 radical (unpaired) electrons. The van der Waals surface area contributed by atoms with Gasteiger partial charge < -0.3 is 5.32 Å². The highest BCUT2D eigenvalue weighted by molar-refractivity contribution is 7.22. The van der Waals surface area contributed by atoms with Gasteiger partial charge in [0.1, 0.15) is 11.5 Å². The Morgan fingerprint density at radius 2 is 1.92 bits per heavy atom. The molecule has 0 saturated carbocycles. The molecule has 1 N–H and O–H groups in total. The van der Waals surface area contributed by atoms with Crippen LogP contribution in [0.1, 0.15) is 15.9 Å². The molecule has 26 heavy (non-hydrogen) atoms. The molecule has 0 atom stereocenters. The molecule has 0 bridgehead atoms. The first-order valence-corrected chi connectivity index (χ1v) is 9.32. The Morgan fingerprint density at radius 1 is 1.15 bits per heavy atom. The number of hydrogen-bond acceptors (Lipinski definition) is 3. The molecular weight excluding hydrogens is 366 g/mol. The quantitative estimate of drug-likeness (QED) is 0.508. The summed E-state index contributed by atoms with van der Waals surface area (Å²) in [6.45, 7) is 2.07. The maximum Gasteiger partial charge on any atom is 0.256 e. The molecule has 0 aliphatic carbocycles. The highest BCUT2D eigenvalue weighted by atomic mass is 35.5. The largest absolute Gasteiger partial charge is 0.307 e. The summed E-state index contributed by atoms with van der Waals surface area (Å²) in [6.07, 6.45) is 0. The van der Waals surface area contributed by atoms with Crippen molar-refractivity contribution in [3.63, 3.8) is 0 Å². The number of anilines is 1. The summed E-state index contributed by atoms with van der Waals surface area (Å²) in [5, 5.41) is 9.37. The van der Waals surface area contributed by atoms with Crippen LogP contribution in [-0.4, -0.2) is 15.7 Å². The number of thiophene rings is 1. The van der Waals surface area contributed by atoms with E-state index in [4.69, 9.17) is 11.6 Å². The number of nitrogens with one attached hydrogen (secondary N) is 1. The SMILES string of the molecule is Cc1c(-c2cc(NC(=O)c3ccccc3)n(C)n2)sc2ccc(Cl)cc12. The van der Waals surface area contributed by atoms with E-state index in [0.717, 1.165) is 26.5 Å². The van der Waals surface area contributed by atoms with Crippen LogP contribution in [0.25, 0.3) is 20.7 Å². The zero-order valence-corrected chi connectivity index (χ0v) is 15.9. The van der Waals surface area contributed by atoms with E-state index in [1.165, 1.54) is 4.70 Å². The Bertz CT molecular complexity index is 1120. The number of aryl methyl sites for hydroxylation is 2. The standard InChI is InChI=1S/C20H16ClN3OS/c1-12-15-10-14(21)8-9-17(15)26-19(12)16-11-18(24(2)23-16)22-20(25)13-6-4-3-5-7-13/h3-11H,1-2H3,(H,22,25). The normalized spacial score (nSPS) is 11.0. The molecule has 0 spiro atoms. The van der Waals surface area contributed by atoms with Gasteiger partial charge in [-0.2, -0.15) is 5.10 Å². The van der Waals surface area contributed by atoms with Crippen LogP contribution in [0.2, 0.25) is 5.02 Å². The van der Waals surface area contributed by atoms with E-state index in [1.54, 1.807) is 28.2 Å². The number of fused-ring (bicyclic) bond motifs is 1. The number of aromatic nitrogens is 2. The molecular formula is C20H16ClN3OS. The Kier molecular flexibility index (Phi) is 4.26. The van der Waals surface area contributed by atoms with Crippen LogP contribution in [0.5, 0.6) is 0 Å². The van der Waals surface area contributed by atoms with Gasteiger partial charge in [-0.15, -0.1) is 11.3 Å². The van der Waals surface area contributed by atoms with E-state index in [9.17, 15) is 4.79 Å². The lowest BCUT2D eigenvalue weighted by atomic mass is 10.1. The molecule has 0 unspecified atom stereocenters. The fourth-order valence-electron chi connectivity index (χ4n) is 2.91. The van der Waals surface area contributed by atoms with E-state index >= 15 is 0 Å². The van der Waals surface area contributed by atoms with Crippen LogP contribution in [0.4, 0.5) is 5.82 Å². The van der Waals surface area contributed by atoms with Crippen LogP contribution in [0, 0.1) is 6.92 Å². The molecule has 130 valence electrons. The van der Waals surface area contributed by atoms with Crippen molar-refractivity contribution in [1.82, 2.24) is 9.78 Å². The summed E-state index contributed by atoms with van der Waals surface area (Å²) in [4.78, 5) is 13.5. The van der Waals surface area contributed by atoms with Gasteiger partial charge in [-0.25, -0.2) is 0 Å². The van der Waals surface area contributed by atoms with Crippen molar-refractivity contribution in [1.29, 1.82) is 0 Å². The lowest BCUT2D eigenvalue weighted by Gasteiger charge is -2.04. The molecule has 0 aliphatic heterocycles. The lowest BCUT2D eigenvalue weighted by Crippen LogP contribution is -2.14. The molecule has 2 aromatic carbocycles. The predicted octanol–water partition coefficient (Wildman–Crippen LogP) is 5.52. The van der Waals surface area contributed by atoms with Gasteiger partial charge in [0.25, 0.3) is 5.91 Å². The molecule has 4 aromatic rings. The lowest BCUT2D eigenvalue weighted by molar-refractivity contribution is 0.102. The Labute approximate surface area is 160 Å². The van der Waals surface area contributed by atoms with Crippen LogP contribution >= 0.6 is 22.9 Å². The van der Waals surface area contributed by atoms with E-state index in [0.29, 0.717) is 11.4 Å². The van der Waals surface area contributed by atoms with Gasteiger partial charge >= 0.3 is 0 Å². The molecule has 2 heterocycles. The number of hydrogen-bond donors (Lipinski definition) is 1.